The third-order valence-electron chi connectivity index (χ3n) is 5.14. The molecular weight excluding hydrogens is 348 g/mol. The fraction of sp³-hybridized carbons (Fsp3) is 0.500. The van der Waals surface area contributed by atoms with Gasteiger partial charge in [0.1, 0.15) is 0 Å². The Labute approximate surface area is 157 Å². The lowest BCUT2D eigenvalue weighted by Crippen LogP contribution is -2.33. The normalized spacial score (nSPS) is 19.0. The standard InChI is InChI=1S/C20H24N2O3S/c23-18(21-11-17-7-3-9-25-17)13-26-12-16-10-15-5-1-4-14-6-2-8-22(19(14)15)20(16)24/h1,4-5,10,17H,2-3,6-9,11-13H2,(H,21,23)/t17-/m1/s1. The van der Waals surface area contributed by atoms with E-state index in [-0.39, 0.29) is 17.6 Å². The van der Waals surface area contributed by atoms with Gasteiger partial charge in [-0.25, -0.2) is 0 Å². The summed E-state index contributed by atoms with van der Waals surface area (Å²) in [6, 6.07) is 8.25. The molecule has 0 aliphatic carbocycles. The van der Waals surface area contributed by atoms with E-state index < -0.39 is 0 Å². The molecule has 5 nitrogen and oxygen atoms in total. The molecule has 6 heteroatoms. The second-order valence-corrected chi connectivity index (χ2v) is 8.00. The third kappa shape index (κ3) is 3.67. The summed E-state index contributed by atoms with van der Waals surface area (Å²) in [5.74, 6) is 0.936. The number of aryl methyl sites for hydroxylation is 2. The van der Waals surface area contributed by atoms with Crippen LogP contribution < -0.4 is 10.9 Å². The average molecular weight is 372 g/mol. The molecule has 1 aromatic carbocycles. The van der Waals surface area contributed by atoms with E-state index in [0.717, 1.165) is 55.3 Å². The quantitative estimate of drug-likeness (QED) is 0.846. The number of amides is 1. The molecule has 3 heterocycles. The maximum absolute atomic E-state index is 12.8. The second-order valence-electron chi connectivity index (χ2n) is 7.02. The zero-order valence-corrected chi connectivity index (χ0v) is 15.6. The minimum atomic E-state index is 0.00928. The van der Waals surface area contributed by atoms with Crippen molar-refractivity contribution in [3.8, 4) is 0 Å². The van der Waals surface area contributed by atoms with Crippen LogP contribution in [-0.4, -0.2) is 35.5 Å². The van der Waals surface area contributed by atoms with Crippen LogP contribution in [-0.2, 0) is 28.2 Å². The van der Waals surface area contributed by atoms with Crippen LogP contribution in [0.25, 0.3) is 10.9 Å². The molecule has 2 aliphatic rings. The molecule has 0 spiro atoms. The van der Waals surface area contributed by atoms with Crippen LogP contribution in [0, 0.1) is 0 Å². The molecule has 1 aromatic heterocycles. The van der Waals surface area contributed by atoms with Crippen molar-refractivity contribution >= 4 is 28.6 Å². The fourth-order valence-electron chi connectivity index (χ4n) is 3.87. The Bertz CT molecular complexity index is 871. The van der Waals surface area contributed by atoms with Gasteiger partial charge in [0, 0.05) is 31.0 Å². The number of nitrogens with one attached hydrogen (secondary N) is 1. The lowest BCUT2D eigenvalue weighted by molar-refractivity contribution is -0.119. The molecule has 0 unspecified atom stereocenters. The Hall–Kier alpha value is -1.79. The van der Waals surface area contributed by atoms with Gasteiger partial charge in [0.15, 0.2) is 0 Å². The number of para-hydroxylation sites is 1. The van der Waals surface area contributed by atoms with E-state index in [1.54, 1.807) is 0 Å². The van der Waals surface area contributed by atoms with E-state index in [0.29, 0.717) is 18.1 Å². The van der Waals surface area contributed by atoms with E-state index in [9.17, 15) is 9.59 Å². The SMILES string of the molecule is O=C(CSCc1cc2cccc3c2n(c1=O)CCC3)NC[C@H]1CCCO1. The van der Waals surface area contributed by atoms with E-state index in [1.165, 1.54) is 17.3 Å². The molecule has 138 valence electrons. The van der Waals surface area contributed by atoms with Crippen molar-refractivity contribution in [3.63, 3.8) is 0 Å². The summed E-state index contributed by atoms with van der Waals surface area (Å²) < 4.78 is 7.43. The number of hydrogen-bond acceptors (Lipinski definition) is 4. The van der Waals surface area contributed by atoms with Crippen molar-refractivity contribution < 1.29 is 9.53 Å². The van der Waals surface area contributed by atoms with Gasteiger partial charge in [-0.2, -0.15) is 0 Å². The van der Waals surface area contributed by atoms with Crippen LogP contribution in [0.3, 0.4) is 0 Å². The van der Waals surface area contributed by atoms with Crippen LogP contribution in [0.4, 0.5) is 0 Å². The van der Waals surface area contributed by atoms with Gasteiger partial charge in [0.2, 0.25) is 5.91 Å². The molecule has 1 fully saturated rings. The molecule has 1 atom stereocenters. The Kier molecular flexibility index (Phi) is 5.31. The number of benzene rings is 1. The number of pyridine rings is 1. The number of hydrogen-bond donors (Lipinski definition) is 1. The number of thioether (sulfide) groups is 1. The Morgan fingerprint density at radius 1 is 1.35 bits per heavy atom. The first-order valence-corrected chi connectivity index (χ1v) is 10.5. The maximum atomic E-state index is 12.8. The minimum absolute atomic E-state index is 0.00928. The number of nitrogens with zero attached hydrogens (tertiary/aromatic N) is 1. The Morgan fingerprint density at radius 2 is 2.27 bits per heavy atom. The molecule has 0 saturated carbocycles. The summed E-state index contributed by atoms with van der Waals surface area (Å²) in [7, 11) is 0. The topological polar surface area (TPSA) is 60.3 Å². The number of aromatic nitrogens is 1. The smallest absolute Gasteiger partial charge is 0.255 e. The first-order valence-electron chi connectivity index (χ1n) is 9.33. The summed E-state index contributed by atoms with van der Waals surface area (Å²) in [6.07, 6.45) is 4.30. The third-order valence-corrected chi connectivity index (χ3v) is 6.12. The van der Waals surface area contributed by atoms with Gasteiger partial charge in [0.25, 0.3) is 5.56 Å². The number of carbonyl (C=O) groups excluding carboxylic acids is 1. The molecule has 2 aromatic rings. The zero-order chi connectivity index (χ0) is 17.9. The van der Waals surface area contributed by atoms with Gasteiger partial charge in [-0.15, -0.1) is 11.8 Å². The molecule has 1 N–H and O–H groups in total. The highest BCUT2D eigenvalue weighted by atomic mass is 32.2. The number of ether oxygens (including phenoxy) is 1. The number of carbonyl (C=O) groups is 1. The van der Waals surface area contributed by atoms with Crippen molar-refractivity contribution in [1.82, 2.24) is 9.88 Å². The molecule has 1 amide bonds. The highest BCUT2D eigenvalue weighted by Gasteiger charge is 2.17. The van der Waals surface area contributed by atoms with E-state index in [1.807, 2.05) is 10.6 Å². The molecule has 1 saturated heterocycles. The first kappa shape index (κ1) is 17.6. The Morgan fingerprint density at radius 3 is 3.12 bits per heavy atom. The van der Waals surface area contributed by atoms with Crippen LogP contribution in [0.15, 0.2) is 29.1 Å². The highest BCUT2D eigenvalue weighted by Crippen LogP contribution is 2.25. The molecule has 0 radical (unpaired) electrons. The van der Waals surface area contributed by atoms with Crippen molar-refractivity contribution in [1.29, 1.82) is 0 Å². The molecule has 26 heavy (non-hydrogen) atoms. The summed E-state index contributed by atoms with van der Waals surface area (Å²) in [6.45, 7) is 2.17. The fourth-order valence-corrected chi connectivity index (χ4v) is 4.68. The minimum Gasteiger partial charge on any atom is -0.376 e. The lowest BCUT2D eigenvalue weighted by Gasteiger charge is -2.20. The largest absolute Gasteiger partial charge is 0.376 e. The summed E-state index contributed by atoms with van der Waals surface area (Å²) >= 11 is 1.49. The number of rotatable bonds is 6. The lowest BCUT2D eigenvalue weighted by atomic mass is 10.0. The van der Waals surface area contributed by atoms with Crippen molar-refractivity contribution in [3.05, 3.63) is 45.7 Å². The summed E-state index contributed by atoms with van der Waals surface area (Å²) in [4.78, 5) is 24.8. The van der Waals surface area contributed by atoms with Crippen LogP contribution >= 0.6 is 11.8 Å². The first-order chi connectivity index (χ1) is 12.7. The van der Waals surface area contributed by atoms with Crippen LogP contribution in [0.2, 0.25) is 0 Å². The van der Waals surface area contributed by atoms with E-state index in [2.05, 4.69) is 23.5 Å². The molecule has 2 aliphatic heterocycles. The average Bonchev–Trinajstić information content (AvgIpc) is 3.17. The van der Waals surface area contributed by atoms with Gasteiger partial charge in [0.05, 0.1) is 17.4 Å². The highest BCUT2D eigenvalue weighted by molar-refractivity contribution is 7.99. The van der Waals surface area contributed by atoms with Crippen molar-refractivity contribution in [2.24, 2.45) is 0 Å². The van der Waals surface area contributed by atoms with Crippen LogP contribution in [0.1, 0.15) is 30.4 Å². The predicted molar refractivity (Wildman–Crippen MR) is 105 cm³/mol. The maximum Gasteiger partial charge on any atom is 0.255 e. The summed E-state index contributed by atoms with van der Waals surface area (Å²) in [5.41, 5.74) is 3.23. The van der Waals surface area contributed by atoms with Gasteiger partial charge < -0.3 is 14.6 Å². The van der Waals surface area contributed by atoms with Crippen molar-refractivity contribution in [2.45, 2.75) is 44.1 Å². The van der Waals surface area contributed by atoms with Gasteiger partial charge in [-0.3, -0.25) is 9.59 Å². The summed E-state index contributed by atoms with van der Waals surface area (Å²) in [5, 5.41) is 4.05. The predicted octanol–water partition coefficient (Wildman–Crippen LogP) is 2.48. The Balaban J connectivity index is 1.39. The zero-order valence-electron chi connectivity index (χ0n) is 14.8. The van der Waals surface area contributed by atoms with E-state index >= 15 is 0 Å². The molecular formula is C20H24N2O3S. The van der Waals surface area contributed by atoms with Crippen LogP contribution in [0.5, 0.6) is 0 Å². The second kappa shape index (κ2) is 7.84. The van der Waals surface area contributed by atoms with Crippen molar-refractivity contribution in [2.75, 3.05) is 18.9 Å². The van der Waals surface area contributed by atoms with Gasteiger partial charge >= 0.3 is 0 Å². The molecule has 4 rings (SSSR count). The molecule has 0 bridgehead atoms. The monoisotopic (exact) mass is 372 g/mol. The van der Waals surface area contributed by atoms with Gasteiger partial charge in [-0.1, -0.05) is 18.2 Å². The van der Waals surface area contributed by atoms with Gasteiger partial charge in [-0.05, 0) is 42.7 Å². The van der Waals surface area contributed by atoms with E-state index in [4.69, 9.17) is 4.74 Å².